The van der Waals surface area contributed by atoms with Crippen LogP contribution in [0.3, 0.4) is 0 Å². The Morgan fingerprint density at radius 1 is 0.562 bits per heavy atom. The Balaban J connectivity index is 0.000000186. The second-order valence-corrected chi connectivity index (χ2v) is 14.9. The number of rotatable bonds is 6. The highest BCUT2D eigenvalue weighted by Gasteiger charge is 2.22. The average Bonchev–Trinajstić information content (AvgIpc) is 2.84. The zero-order chi connectivity index (χ0) is 22.8. The van der Waals surface area contributed by atoms with Crippen molar-refractivity contribution in [3.8, 4) is 0 Å². The van der Waals surface area contributed by atoms with Crippen LogP contribution in [0, 0.1) is 0 Å². The van der Waals surface area contributed by atoms with E-state index in [0.29, 0.717) is 5.92 Å². The Bertz CT molecular complexity index is 982. The van der Waals surface area contributed by atoms with E-state index in [9.17, 15) is 0 Å². The SMILES string of the molecule is C=C(c1ccccc1)c1ccccc1.C[Si](C)(C)CC(c1ccccc1)c1ccccc1. The summed E-state index contributed by atoms with van der Waals surface area (Å²) in [5, 5.41) is 0. The van der Waals surface area contributed by atoms with Gasteiger partial charge in [0.15, 0.2) is 0 Å². The fourth-order valence-corrected chi connectivity index (χ4v) is 5.55. The summed E-state index contributed by atoms with van der Waals surface area (Å²) in [6.07, 6.45) is 0. The predicted octanol–water partition coefficient (Wildman–Crippen LogP) is 8.90. The van der Waals surface area contributed by atoms with Gasteiger partial charge in [-0.3, -0.25) is 0 Å². The minimum absolute atomic E-state index is 0.555. The third-order valence-electron chi connectivity index (χ3n) is 5.46. The molecule has 0 aliphatic heterocycles. The molecule has 0 atom stereocenters. The Morgan fingerprint density at radius 2 is 0.875 bits per heavy atom. The molecule has 0 bridgehead atoms. The van der Waals surface area contributed by atoms with Gasteiger partial charge in [0, 0.05) is 14.0 Å². The zero-order valence-electron chi connectivity index (χ0n) is 19.5. The lowest BCUT2D eigenvalue weighted by Gasteiger charge is -2.25. The van der Waals surface area contributed by atoms with Crippen molar-refractivity contribution in [2.24, 2.45) is 0 Å². The molecule has 0 spiro atoms. The molecule has 0 aromatic heterocycles. The third-order valence-corrected chi connectivity index (χ3v) is 7.10. The molecule has 0 amide bonds. The minimum Gasteiger partial charge on any atom is -0.0906 e. The van der Waals surface area contributed by atoms with Gasteiger partial charge in [-0.2, -0.15) is 0 Å². The van der Waals surface area contributed by atoms with E-state index in [1.165, 1.54) is 28.3 Å². The second-order valence-electron chi connectivity index (χ2n) is 9.35. The number of benzene rings is 4. The maximum atomic E-state index is 4.10. The molecule has 0 aliphatic carbocycles. The van der Waals surface area contributed by atoms with Crippen LogP contribution in [0.1, 0.15) is 28.2 Å². The van der Waals surface area contributed by atoms with Crippen molar-refractivity contribution in [3.05, 3.63) is 150 Å². The molecule has 162 valence electrons. The van der Waals surface area contributed by atoms with Crippen molar-refractivity contribution in [3.63, 3.8) is 0 Å². The van der Waals surface area contributed by atoms with Crippen molar-refractivity contribution < 1.29 is 0 Å². The fraction of sp³-hybridized carbons (Fsp3) is 0.161. The van der Waals surface area contributed by atoms with Gasteiger partial charge in [-0.25, -0.2) is 0 Å². The van der Waals surface area contributed by atoms with Crippen molar-refractivity contribution in [1.29, 1.82) is 0 Å². The molecule has 4 aromatic carbocycles. The first-order chi connectivity index (χ1) is 15.4. The molecular formula is C31H34Si. The number of hydrogen-bond acceptors (Lipinski definition) is 0. The van der Waals surface area contributed by atoms with Crippen LogP contribution in [-0.2, 0) is 0 Å². The summed E-state index contributed by atoms with van der Waals surface area (Å²) < 4.78 is 0. The van der Waals surface area contributed by atoms with Gasteiger partial charge < -0.3 is 0 Å². The van der Waals surface area contributed by atoms with Gasteiger partial charge in [0.25, 0.3) is 0 Å². The normalized spacial score (nSPS) is 10.9. The maximum absolute atomic E-state index is 4.10. The summed E-state index contributed by atoms with van der Waals surface area (Å²) in [5.74, 6) is 0.555. The molecule has 4 rings (SSSR count). The summed E-state index contributed by atoms with van der Waals surface area (Å²) >= 11 is 0. The first-order valence-corrected chi connectivity index (χ1v) is 15.0. The van der Waals surface area contributed by atoms with Crippen LogP contribution in [-0.4, -0.2) is 8.07 Å². The van der Waals surface area contributed by atoms with Crippen LogP contribution in [0.2, 0.25) is 25.7 Å². The molecule has 4 aromatic rings. The number of hydrogen-bond donors (Lipinski definition) is 0. The Labute approximate surface area is 195 Å². The van der Waals surface area contributed by atoms with E-state index in [2.05, 4.69) is 111 Å². The fourth-order valence-electron chi connectivity index (χ4n) is 3.86. The highest BCUT2D eigenvalue weighted by atomic mass is 28.3. The molecule has 0 saturated carbocycles. The van der Waals surface area contributed by atoms with Gasteiger partial charge in [-0.05, 0) is 33.9 Å². The van der Waals surface area contributed by atoms with E-state index in [1.54, 1.807) is 0 Å². The topological polar surface area (TPSA) is 0 Å². The zero-order valence-corrected chi connectivity index (χ0v) is 20.5. The molecule has 0 heterocycles. The smallest absolute Gasteiger partial charge is 0.0452 e. The summed E-state index contributed by atoms with van der Waals surface area (Å²) in [4.78, 5) is 0. The van der Waals surface area contributed by atoms with E-state index in [0.717, 1.165) is 5.57 Å². The molecular weight excluding hydrogens is 400 g/mol. The molecule has 0 unspecified atom stereocenters. The van der Waals surface area contributed by atoms with Crippen LogP contribution in [0.5, 0.6) is 0 Å². The molecule has 0 aliphatic rings. The van der Waals surface area contributed by atoms with Crippen molar-refractivity contribution in [2.45, 2.75) is 31.6 Å². The van der Waals surface area contributed by atoms with E-state index in [4.69, 9.17) is 0 Å². The van der Waals surface area contributed by atoms with E-state index in [1.807, 2.05) is 36.4 Å². The summed E-state index contributed by atoms with van der Waals surface area (Å²) in [7, 11) is -1.09. The maximum Gasteiger partial charge on any atom is 0.0452 e. The Kier molecular flexibility index (Phi) is 8.41. The minimum atomic E-state index is -1.09. The van der Waals surface area contributed by atoms with Gasteiger partial charge in [-0.15, -0.1) is 0 Å². The van der Waals surface area contributed by atoms with E-state index in [-0.39, 0.29) is 0 Å². The first-order valence-electron chi connectivity index (χ1n) is 11.3. The lowest BCUT2D eigenvalue weighted by molar-refractivity contribution is 0.898. The van der Waals surface area contributed by atoms with Gasteiger partial charge in [0.05, 0.1) is 0 Å². The quantitative estimate of drug-likeness (QED) is 0.266. The molecule has 0 nitrogen and oxygen atoms in total. The highest BCUT2D eigenvalue weighted by Crippen LogP contribution is 2.32. The highest BCUT2D eigenvalue weighted by molar-refractivity contribution is 6.76. The lowest BCUT2D eigenvalue weighted by atomic mass is 9.93. The van der Waals surface area contributed by atoms with Crippen molar-refractivity contribution >= 4 is 13.6 Å². The lowest BCUT2D eigenvalue weighted by Crippen LogP contribution is -2.23. The van der Waals surface area contributed by atoms with E-state index >= 15 is 0 Å². The predicted molar refractivity (Wildman–Crippen MR) is 144 cm³/mol. The summed E-state index contributed by atoms with van der Waals surface area (Å²) in [5.41, 5.74) is 6.33. The summed E-state index contributed by atoms with van der Waals surface area (Å²) in [6.45, 7) is 11.4. The van der Waals surface area contributed by atoms with Crippen molar-refractivity contribution in [2.75, 3.05) is 0 Å². The molecule has 0 N–H and O–H groups in total. The molecule has 1 heteroatoms. The molecule has 0 radical (unpaired) electrons. The van der Waals surface area contributed by atoms with Crippen LogP contribution in [0.4, 0.5) is 0 Å². The van der Waals surface area contributed by atoms with Crippen LogP contribution < -0.4 is 0 Å². The largest absolute Gasteiger partial charge is 0.0906 e. The standard InChI is InChI=1S/C17H22Si.C14H12/c1-18(2,3)14-17(15-10-6-4-7-11-15)16-12-8-5-9-13-16;1-12(13-8-4-2-5-9-13)14-10-6-3-7-11-14/h4-13,17H,14H2,1-3H3;2-11H,1H2. The molecule has 0 saturated heterocycles. The van der Waals surface area contributed by atoms with Crippen LogP contribution in [0.25, 0.3) is 5.57 Å². The van der Waals surface area contributed by atoms with E-state index < -0.39 is 8.07 Å². The third kappa shape index (κ3) is 7.21. The molecule has 0 fully saturated rings. The van der Waals surface area contributed by atoms with Crippen molar-refractivity contribution in [1.82, 2.24) is 0 Å². The van der Waals surface area contributed by atoms with Gasteiger partial charge in [0.2, 0.25) is 0 Å². The first kappa shape index (κ1) is 23.5. The Hall–Kier alpha value is -3.16. The average molecular weight is 435 g/mol. The van der Waals surface area contributed by atoms with Gasteiger partial charge in [0.1, 0.15) is 0 Å². The summed E-state index contributed by atoms with van der Waals surface area (Å²) in [6, 6.07) is 43.6. The molecule has 32 heavy (non-hydrogen) atoms. The van der Waals surface area contributed by atoms with Crippen LogP contribution >= 0.6 is 0 Å². The monoisotopic (exact) mass is 434 g/mol. The Morgan fingerprint density at radius 3 is 1.19 bits per heavy atom. The second kappa shape index (κ2) is 11.5. The van der Waals surface area contributed by atoms with Crippen LogP contribution in [0.15, 0.2) is 128 Å². The van der Waals surface area contributed by atoms with Gasteiger partial charge in [-0.1, -0.05) is 148 Å². The van der Waals surface area contributed by atoms with Gasteiger partial charge >= 0.3 is 0 Å².